The molecule has 2 aliphatic rings. The van der Waals surface area contributed by atoms with E-state index in [-0.39, 0.29) is 0 Å². The summed E-state index contributed by atoms with van der Waals surface area (Å²) in [6.45, 7) is 5.91. The number of pyridine rings is 1. The predicted molar refractivity (Wildman–Crippen MR) is 98.8 cm³/mol. The Morgan fingerprint density at radius 3 is 2.79 bits per heavy atom. The van der Waals surface area contributed by atoms with Crippen LogP contribution >= 0.6 is 0 Å². The van der Waals surface area contributed by atoms with E-state index in [2.05, 4.69) is 34.5 Å². The number of anilines is 1. The third-order valence-electron chi connectivity index (χ3n) is 5.25. The molecule has 24 heavy (non-hydrogen) atoms. The van der Waals surface area contributed by atoms with E-state index >= 15 is 0 Å². The van der Waals surface area contributed by atoms with Gasteiger partial charge in [-0.05, 0) is 37.3 Å². The van der Waals surface area contributed by atoms with Crippen molar-refractivity contribution < 1.29 is 4.74 Å². The summed E-state index contributed by atoms with van der Waals surface area (Å²) in [4.78, 5) is 7.45. The fraction of sp³-hybridized carbons (Fsp3) is 0.550. The van der Waals surface area contributed by atoms with Crippen LogP contribution in [0, 0.1) is 0 Å². The zero-order valence-corrected chi connectivity index (χ0v) is 14.4. The van der Waals surface area contributed by atoms with Gasteiger partial charge in [-0.15, -0.1) is 0 Å². The highest BCUT2D eigenvalue weighted by Crippen LogP contribution is 2.32. The molecule has 2 heterocycles. The molecule has 4 heteroatoms. The molecule has 128 valence electrons. The molecule has 0 radical (unpaired) electrons. The van der Waals surface area contributed by atoms with Gasteiger partial charge in [0.05, 0.1) is 18.7 Å². The number of aryl methyl sites for hydroxylation is 1. The Morgan fingerprint density at radius 1 is 1.04 bits per heavy atom. The van der Waals surface area contributed by atoms with E-state index in [1.54, 1.807) is 0 Å². The van der Waals surface area contributed by atoms with Gasteiger partial charge in [0, 0.05) is 42.9 Å². The van der Waals surface area contributed by atoms with E-state index in [1.165, 1.54) is 41.6 Å². The normalized spacial score (nSPS) is 19.0. The molecule has 1 N–H and O–H groups in total. The van der Waals surface area contributed by atoms with Crippen molar-refractivity contribution in [2.45, 2.75) is 32.1 Å². The summed E-state index contributed by atoms with van der Waals surface area (Å²) in [5, 5.41) is 5.05. The second kappa shape index (κ2) is 7.49. The first-order chi connectivity index (χ1) is 11.9. The molecule has 2 aromatic rings. The molecule has 1 saturated heterocycles. The number of aromatic nitrogens is 1. The first-order valence-corrected chi connectivity index (χ1v) is 9.36. The van der Waals surface area contributed by atoms with Crippen LogP contribution in [0.3, 0.4) is 0 Å². The number of hydrogen-bond donors (Lipinski definition) is 1. The molecule has 4 nitrogen and oxygen atoms in total. The minimum absolute atomic E-state index is 0.869. The van der Waals surface area contributed by atoms with Gasteiger partial charge in [-0.25, -0.2) is 0 Å². The minimum atomic E-state index is 0.869. The summed E-state index contributed by atoms with van der Waals surface area (Å²) in [7, 11) is 0. The summed E-state index contributed by atoms with van der Waals surface area (Å²) >= 11 is 0. The number of rotatable bonds is 4. The Balaban J connectivity index is 1.58. The molecule has 1 fully saturated rings. The third-order valence-corrected chi connectivity index (χ3v) is 5.25. The van der Waals surface area contributed by atoms with E-state index in [9.17, 15) is 0 Å². The van der Waals surface area contributed by atoms with Crippen molar-refractivity contribution in [1.29, 1.82) is 0 Å². The molecule has 1 aliphatic carbocycles. The van der Waals surface area contributed by atoms with E-state index in [0.717, 1.165) is 57.8 Å². The molecule has 1 aliphatic heterocycles. The van der Waals surface area contributed by atoms with Crippen molar-refractivity contribution in [3.8, 4) is 0 Å². The molecule has 1 aromatic carbocycles. The van der Waals surface area contributed by atoms with Crippen LogP contribution in [0.15, 0.2) is 24.3 Å². The maximum atomic E-state index is 5.44. The number of fused-ring (bicyclic) bond motifs is 2. The fourth-order valence-corrected chi connectivity index (χ4v) is 3.92. The first-order valence-electron chi connectivity index (χ1n) is 9.36. The predicted octanol–water partition coefficient (Wildman–Crippen LogP) is 3.25. The van der Waals surface area contributed by atoms with Crippen LogP contribution in [-0.2, 0) is 17.6 Å². The van der Waals surface area contributed by atoms with Crippen LogP contribution in [0.1, 0.15) is 30.5 Å². The topological polar surface area (TPSA) is 37.4 Å². The molecule has 0 unspecified atom stereocenters. The van der Waals surface area contributed by atoms with Crippen LogP contribution in [0.25, 0.3) is 10.9 Å². The van der Waals surface area contributed by atoms with Crippen molar-refractivity contribution >= 4 is 16.6 Å². The van der Waals surface area contributed by atoms with Crippen molar-refractivity contribution in [3.05, 3.63) is 35.5 Å². The Morgan fingerprint density at radius 2 is 1.88 bits per heavy atom. The highest BCUT2D eigenvalue weighted by Gasteiger charge is 2.17. The number of benzene rings is 1. The van der Waals surface area contributed by atoms with Crippen molar-refractivity contribution in [1.82, 2.24) is 9.88 Å². The van der Waals surface area contributed by atoms with Gasteiger partial charge in [0.25, 0.3) is 0 Å². The first kappa shape index (κ1) is 15.9. The van der Waals surface area contributed by atoms with Gasteiger partial charge in [0.1, 0.15) is 0 Å². The molecular formula is C20H27N3O. The van der Waals surface area contributed by atoms with E-state index in [0.29, 0.717) is 0 Å². The second-order valence-corrected chi connectivity index (χ2v) is 6.87. The van der Waals surface area contributed by atoms with Gasteiger partial charge in [0.15, 0.2) is 0 Å². The lowest BCUT2D eigenvalue weighted by atomic mass is 10.0. The van der Waals surface area contributed by atoms with Crippen molar-refractivity contribution in [2.24, 2.45) is 0 Å². The molecule has 4 rings (SSSR count). The quantitative estimate of drug-likeness (QED) is 0.876. The number of nitrogens with zero attached hydrogens (tertiary/aromatic N) is 2. The smallest absolute Gasteiger partial charge is 0.0726 e. The molecule has 0 saturated carbocycles. The molecule has 1 aromatic heterocycles. The lowest BCUT2D eigenvalue weighted by Crippen LogP contribution is -2.39. The minimum Gasteiger partial charge on any atom is -0.383 e. The van der Waals surface area contributed by atoms with Gasteiger partial charge in [-0.2, -0.15) is 0 Å². The Labute approximate surface area is 144 Å². The average Bonchev–Trinajstić information content (AvgIpc) is 2.87. The number of morpholine rings is 1. The van der Waals surface area contributed by atoms with Crippen LogP contribution in [0.4, 0.5) is 5.69 Å². The SMILES string of the molecule is c1ccc2c(NCCN3CCOCC3)c3c(nc2c1)CCCCC3. The van der Waals surface area contributed by atoms with Gasteiger partial charge in [-0.1, -0.05) is 24.6 Å². The number of nitrogens with one attached hydrogen (secondary N) is 1. The highest BCUT2D eigenvalue weighted by atomic mass is 16.5. The largest absolute Gasteiger partial charge is 0.383 e. The Bertz CT molecular complexity index is 695. The van der Waals surface area contributed by atoms with Crippen LogP contribution < -0.4 is 5.32 Å². The highest BCUT2D eigenvalue weighted by molar-refractivity contribution is 5.93. The Kier molecular flexibility index (Phi) is 4.95. The molecule has 0 spiro atoms. The molecule has 0 bridgehead atoms. The number of ether oxygens (including phenoxy) is 1. The summed E-state index contributed by atoms with van der Waals surface area (Å²) in [6.07, 6.45) is 6.15. The van der Waals surface area contributed by atoms with Crippen LogP contribution in [0.2, 0.25) is 0 Å². The summed E-state index contributed by atoms with van der Waals surface area (Å²) in [6, 6.07) is 8.58. The van der Waals surface area contributed by atoms with Gasteiger partial charge in [0.2, 0.25) is 0 Å². The molecule has 0 atom stereocenters. The lowest BCUT2D eigenvalue weighted by Gasteiger charge is -2.27. The van der Waals surface area contributed by atoms with Crippen molar-refractivity contribution in [2.75, 3.05) is 44.7 Å². The molecular weight excluding hydrogens is 298 g/mol. The van der Waals surface area contributed by atoms with E-state index < -0.39 is 0 Å². The van der Waals surface area contributed by atoms with Gasteiger partial charge in [-0.3, -0.25) is 9.88 Å². The third kappa shape index (κ3) is 3.40. The summed E-state index contributed by atoms with van der Waals surface area (Å²) in [5.74, 6) is 0. The van der Waals surface area contributed by atoms with Gasteiger partial charge >= 0.3 is 0 Å². The average molecular weight is 325 g/mol. The fourth-order valence-electron chi connectivity index (χ4n) is 3.92. The zero-order valence-electron chi connectivity index (χ0n) is 14.4. The lowest BCUT2D eigenvalue weighted by molar-refractivity contribution is 0.0398. The monoisotopic (exact) mass is 325 g/mol. The van der Waals surface area contributed by atoms with Crippen LogP contribution in [0.5, 0.6) is 0 Å². The second-order valence-electron chi connectivity index (χ2n) is 6.87. The molecule has 0 amide bonds. The standard InChI is InChI=1S/C20H27N3O/c1-2-6-16-18(8-3-1)22-19-9-5-4-7-17(19)20(16)21-10-11-23-12-14-24-15-13-23/h4-5,7,9H,1-3,6,8,10-15H2,(H,21,22). The summed E-state index contributed by atoms with van der Waals surface area (Å²) in [5.41, 5.74) is 5.26. The van der Waals surface area contributed by atoms with Gasteiger partial charge < -0.3 is 10.1 Å². The van der Waals surface area contributed by atoms with E-state index in [4.69, 9.17) is 9.72 Å². The zero-order chi connectivity index (χ0) is 16.2. The summed E-state index contributed by atoms with van der Waals surface area (Å²) < 4.78 is 5.44. The number of para-hydroxylation sites is 1. The Hall–Kier alpha value is -1.65. The van der Waals surface area contributed by atoms with E-state index in [1.807, 2.05) is 0 Å². The maximum Gasteiger partial charge on any atom is 0.0726 e. The maximum absolute atomic E-state index is 5.44. The van der Waals surface area contributed by atoms with Crippen molar-refractivity contribution in [3.63, 3.8) is 0 Å². The number of hydrogen-bond acceptors (Lipinski definition) is 4. The van der Waals surface area contributed by atoms with Crippen LogP contribution in [-0.4, -0.2) is 49.3 Å².